The molecule has 0 atom stereocenters. The van der Waals surface area contributed by atoms with Gasteiger partial charge in [0.05, 0.1) is 13.3 Å². The second kappa shape index (κ2) is 7.77. The number of aryl methyl sites for hydroxylation is 2. The maximum atomic E-state index is 6.00. The third-order valence-electron chi connectivity index (χ3n) is 5.87. The van der Waals surface area contributed by atoms with E-state index < -0.39 is 0 Å². The van der Waals surface area contributed by atoms with Gasteiger partial charge in [0, 0.05) is 6.04 Å². The van der Waals surface area contributed by atoms with Crippen LogP contribution in [0.1, 0.15) is 48.8 Å². The molecule has 0 heterocycles. The fraction of sp³-hybridized carbons (Fsp3) is 0.417. The van der Waals surface area contributed by atoms with Crippen LogP contribution in [0.2, 0.25) is 0 Å². The third-order valence-corrected chi connectivity index (χ3v) is 5.87. The van der Waals surface area contributed by atoms with E-state index in [-0.39, 0.29) is 0 Å². The molecule has 0 saturated heterocycles. The van der Waals surface area contributed by atoms with Crippen molar-refractivity contribution in [2.45, 2.75) is 58.6 Å². The van der Waals surface area contributed by atoms with Crippen molar-refractivity contribution in [3.63, 3.8) is 0 Å². The lowest BCUT2D eigenvalue weighted by molar-refractivity contribution is 0.0915. The van der Waals surface area contributed by atoms with E-state index in [2.05, 4.69) is 61.6 Å². The largest absolute Gasteiger partial charge is 0.362 e. The van der Waals surface area contributed by atoms with E-state index in [1.165, 1.54) is 70.3 Å². The Bertz CT molecular complexity index is 909. The number of rotatable bonds is 5. The third kappa shape index (κ3) is 3.49. The molecular formula is C24H29NO. The van der Waals surface area contributed by atoms with Crippen molar-refractivity contribution in [3.8, 4) is 0 Å². The Labute approximate surface area is 156 Å². The minimum Gasteiger partial charge on any atom is -0.362 e. The number of nitrogens with one attached hydrogen (secondary N) is 1. The summed E-state index contributed by atoms with van der Waals surface area (Å²) in [5.74, 6) is 0. The lowest BCUT2D eigenvalue weighted by Gasteiger charge is -2.22. The van der Waals surface area contributed by atoms with Crippen molar-refractivity contribution in [1.29, 1.82) is 0 Å². The molecule has 0 aliphatic heterocycles. The molecule has 136 valence electrons. The van der Waals surface area contributed by atoms with Crippen LogP contribution in [0, 0.1) is 13.8 Å². The smallest absolute Gasteiger partial charge is 0.0971 e. The highest BCUT2D eigenvalue weighted by molar-refractivity contribution is 6.11. The van der Waals surface area contributed by atoms with Crippen molar-refractivity contribution in [2.24, 2.45) is 0 Å². The van der Waals surface area contributed by atoms with Crippen molar-refractivity contribution in [3.05, 3.63) is 59.2 Å². The van der Waals surface area contributed by atoms with Crippen LogP contribution >= 0.6 is 0 Å². The molecule has 3 aromatic rings. The summed E-state index contributed by atoms with van der Waals surface area (Å²) in [5.41, 5.74) is 3.96. The van der Waals surface area contributed by atoms with Crippen molar-refractivity contribution < 1.29 is 4.74 Å². The molecule has 4 rings (SSSR count). The predicted molar refractivity (Wildman–Crippen MR) is 111 cm³/mol. The fourth-order valence-corrected chi connectivity index (χ4v) is 4.41. The Morgan fingerprint density at radius 2 is 1.69 bits per heavy atom. The first-order valence-electron chi connectivity index (χ1n) is 9.96. The van der Waals surface area contributed by atoms with Crippen molar-refractivity contribution in [2.75, 3.05) is 6.73 Å². The maximum absolute atomic E-state index is 6.00. The fourth-order valence-electron chi connectivity index (χ4n) is 4.41. The lowest BCUT2D eigenvalue weighted by Crippen LogP contribution is -2.32. The SMILES string of the molecule is Cc1cccc2ccc3c(COCNC4CCCCC4)ccc(C)c3c12. The first-order valence-corrected chi connectivity index (χ1v) is 9.96. The van der Waals surface area contributed by atoms with E-state index in [9.17, 15) is 0 Å². The molecule has 2 heteroatoms. The Kier molecular flexibility index (Phi) is 5.23. The first kappa shape index (κ1) is 17.5. The Morgan fingerprint density at radius 3 is 2.54 bits per heavy atom. The summed E-state index contributed by atoms with van der Waals surface area (Å²) in [6.07, 6.45) is 6.69. The number of ether oxygens (including phenoxy) is 1. The second-order valence-electron chi connectivity index (χ2n) is 7.73. The van der Waals surface area contributed by atoms with Crippen LogP contribution in [0.5, 0.6) is 0 Å². The van der Waals surface area contributed by atoms with Crippen LogP contribution < -0.4 is 5.32 Å². The minimum atomic E-state index is 0.644. The van der Waals surface area contributed by atoms with Crippen LogP contribution in [-0.4, -0.2) is 12.8 Å². The van der Waals surface area contributed by atoms with Crippen LogP contribution in [0.15, 0.2) is 42.5 Å². The summed E-state index contributed by atoms with van der Waals surface area (Å²) < 4.78 is 6.00. The van der Waals surface area contributed by atoms with Crippen molar-refractivity contribution in [1.82, 2.24) is 5.32 Å². The zero-order valence-electron chi connectivity index (χ0n) is 16.0. The molecular weight excluding hydrogens is 318 g/mol. The van der Waals surface area contributed by atoms with Gasteiger partial charge in [0.1, 0.15) is 0 Å². The van der Waals surface area contributed by atoms with E-state index in [1.54, 1.807) is 0 Å². The van der Waals surface area contributed by atoms with Gasteiger partial charge in [0.15, 0.2) is 0 Å². The maximum Gasteiger partial charge on any atom is 0.0971 e. The van der Waals surface area contributed by atoms with E-state index >= 15 is 0 Å². The van der Waals surface area contributed by atoms with Gasteiger partial charge in [-0.15, -0.1) is 0 Å². The normalized spacial score (nSPS) is 15.8. The Morgan fingerprint density at radius 1 is 0.885 bits per heavy atom. The number of benzene rings is 3. The molecule has 0 aromatic heterocycles. The summed E-state index contributed by atoms with van der Waals surface area (Å²) in [6, 6.07) is 16.2. The average Bonchev–Trinajstić information content (AvgIpc) is 2.67. The monoisotopic (exact) mass is 347 g/mol. The van der Waals surface area contributed by atoms with Gasteiger partial charge in [-0.1, -0.05) is 61.7 Å². The number of hydrogen-bond acceptors (Lipinski definition) is 2. The topological polar surface area (TPSA) is 21.3 Å². The van der Waals surface area contributed by atoms with Crippen LogP contribution in [0.3, 0.4) is 0 Å². The average molecular weight is 348 g/mol. The van der Waals surface area contributed by atoms with Gasteiger partial charge < -0.3 is 4.74 Å². The molecule has 26 heavy (non-hydrogen) atoms. The molecule has 0 radical (unpaired) electrons. The van der Waals surface area contributed by atoms with Gasteiger partial charge >= 0.3 is 0 Å². The van der Waals surface area contributed by atoms with Crippen LogP contribution in [-0.2, 0) is 11.3 Å². The summed E-state index contributed by atoms with van der Waals surface area (Å²) in [4.78, 5) is 0. The zero-order chi connectivity index (χ0) is 17.9. The van der Waals surface area contributed by atoms with E-state index in [0.29, 0.717) is 19.4 Å². The van der Waals surface area contributed by atoms with Gasteiger partial charge in [0.2, 0.25) is 0 Å². The lowest BCUT2D eigenvalue weighted by atomic mass is 9.93. The van der Waals surface area contributed by atoms with E-state index in [0.717, 1.165) is 0 Å². The molecule has 0 spiro atoms. The van der Waals surface area contributed by atoms with Crippen LogP contribution in [0.4, 0.5) is 0 Å². The standard InChI is InChI=1S/C24H29NO/c1-17-7-6-8-19-13-14-22-20(12-11-18(2)24(22)23(17)19)15-26-16-25-21-9-4-3-5-10-21/h6-8,11-14,21,25H,3-5,9-10,15-16H2,1-2H3. The highest BCUT2D eigenvalue weighted by Gasteiger charge is 2.13. The van der Waals surface area contributed by atoms with Gasteiger partial charge in [-0.2, -0.15) is 0 Å². The molecule has 1 saturated carbocycles. The Balaban J connectivity index is 1.56. The quantitative estimate of drug-likeness (QED) is 0.347. The second-order valence-corrected chi connectivity index (χ2v) is 7.73. The number of hydrogen-bond donors (Lipinski definition) is 1. The van der Waals surface area contributed by atoms with Gasteiger partial charge in [-0.25, -0.2) is 0 Å². The molecule has 1 fully saturated rings. The number of fused-ring (bicyclic) bond motifs is 3. The molecule has 1 N–H and O–H groups in total. The Hall–Kier alpha value is -1.90. The van der Waals surface area contributed by atoms with Gasteiger partial charge in [-0.3, -0.25) is 5.32 Å². The molecule has 0 unspecified atom stereocenters. The molecule has 1 aliphatic rings. The van der Waals surface area contributed by atoms with E-state index in [4.69, 9.17) is 4.74 Å². The van der Waals surface area contributed by atoms with Crippen LogP contribution in [0.25, 0.3) is 21.5 Å². The molecule has 3 aromatic carbocycles. The molecule has 0 amide bonds. The van der Waals surface area contributed by atoms with Gasteiger partial charge in [0.25, 0.3) is 0 Å². The summed E-state index contributed by atoms with van der Waals surface area (Å²) in [6.45, 7) is 5.72. The van der Waals surface area contributed by atoms with Crippen molar-refractivity contribution >= 4 is 21.5 Å². The van der Waals surface area contributed by atoms with Gasteiger partial charge in [-0.05, 0) is 64.9 Å². The summed E-state index contributed by atoms with van der Waals surface area (Å²) in [7, 11) is 0. The molecule has 0 bridgehead atoms. The first-order chi connectivity index (χ1) is 12.7. The van der Waals surface area contributed by atoms with E-state index in [1.807, 2.05) is 0 Å². The molecule has 1 aliphatic carbocycles. The summed E-state index contributed by atoms with van der Waals surface area (Å²) in [5, 5.41) is 8.96. The minimum absolute atomic E-state index is 0.644. The highest BCUT2D eigenvalue weighted by Crippen LogP contribution is 2.32. The predicted octanol–water partition coefficient (Wildman–Crippen LogP) is 6.01. The summed E-state index contributed by atoms with van der Waals surface area (Å²) >= 11 is 0. The molecule has 2 nitrogen and oxygen atoms in total. The zero-order valence-corrected chi connectivity index (χ0v) is 16.0. The highest BCUT2D eigenvalue weighted by atomic mass is 16.5.